The first-order valence-electron chi connectivity index (χ1n) is 10.8. The lowest BCUT2D eigenvalue weighted by atomic mass is 9.62. The van der Waals surface area contributed by atoms with Crippen molar-refractivity contribution in [2.45, 2.75) is 136 Å². The van der Waals surface area contributed by atoms with Crippen molar-refractivity contribution >= 4 is 9.24 Å². The topological polar surface area (TPSA) is 0 Å². The van der Waals surface area contributed by atoms with Gasteiger partial charge in [-0.25, -0.2) is 0 Å². The maximum absolute atomic E-state index is 3.45. The van der Waals surface area contributed by atoms with E-state index in [0.29, 0.717) is 10.6 Å². The van der Waals surface area contributed by atoms with Crippen LogP contribution in [0.3, 0.4) is 0 Å². The summed E-state index contributed by atoms with van der Waals surface area (Å²) in [6, 6.07) is 0. The molecule has 0 saturated heterocycles. The summed E-state index contributed by atoms with van der Waals surface area (Å²) in [7, 11) is 3.45. The highest BCUT2D eigenvalue weighted by Gasteiger charge is 2.45. The van der Waals surface area contributed by atoms with Gasteiger partial charge in [-0.1, -0.05) is 98.8 Å². The molecule has 0 heterocycles. The normalized spacial score (nSPS) is 12.8. The van der Waals surface area contributed by atoms with Gasteiger partial charge in [0.25, 0.3) is 0 Å². The fraction of sp³-hybridized carbons (Fsp3) is 1.00. The Morgan fingerprint density at radius 3 is 1.00 bits per heavy atom. The van der Waals surface area contributed by atoms with E-state index in [1.54, 1.807) is 0 Å². The van der Waals surface area contributed by atoms with Crippen LogP contribution in [0.2, 0.25) is 0 Å². The van der Waals surface area contributed by atoms with Gasteiger partial charge in [0.15, 0.2) is 0 Å². The van der Waals surface area contributed by atoms with E-state index in [2.05, 4.69) is 43.9 Å². The van der Waals surface area contributed by atoms with Gasteiger partial charge in [0.2, 0.25) is 0 Å². The second-order valence-corrected chi connectivity index (χ2v) is 9.06. The molecule has 1 unspecified atom stereocenters. The van der Waals surface area contributed by atoms with Crippen LogP contribution in [-0.4, -0.2) is 5.16 Å². The van der Waals surface area contributed by atoms with Crippen molar-refractivity contribution < 1.29 is 0 Å². The summed E-state index contributed by atoms with van der Waals surface area (Å²) >= 11 is 0. The van der Waals surface area contributed by atoms with Gasteiger partial charge in [0, 0.05) is 0 Å². The molecule has 23 heavy (non-hydrogen) atoms. The van der Waals surface area contributed by atoms with Crippen LogP contribution < -0.4 is 0 Å². The summed E-state index contributed by atoms with van der Waals surface area (Å²) in [5.41, 5.74) is 0.573. The Morgan fingerprint density at radius 1 is 0.478 bits per heavy atom. The molecule has 0 rings (SSSR count). The van der Waals surface area contributed by atoms with Crippen molar-refractivity contribution in [3.8, 4) is 0 Å². The summed E-state index contributed by atoms with van der Waals surface area (Å²) in [4.78, 5) is 0. The predicted octanol–water partition coefficient (Wildman–Crippen LogP) is 8.54. The Bertz CT molecular complexity index is 229. The van der Waals surface area contributed by atoms with E-state index in [0.717, 1.165) is 0 Å². The third-order valence-corrected chi connectivity index (χ3v) is 7.23. The second-order valence-electron chi connectivity index (χ2n) is 7.95. The first kappa shape index (κ1) is 23.4. The molecule has 0 amide bonds. The molecule has 1 atom stereocenters. The van der Waals surface area contributed by atoms with Crippen LogP contribution in [-0.2, 0) is 0 Å². The van der Waals surface area contributed by atoms with Gasteiger partial charge >= 0.3 is 0 Å². The molecule has 0 aliphatic carbocycles. The number of unbranched alkanes of at least 4 members (excludes halogenated alkanes) is 5. The average Bonchev–Trinajstić information content (AvgIpc) is 2.57. The van der Waals surface area contributed by atoms with Gasteiger partial charge in [-0.3, -0.25) is 0 Å². The molecule has 0 spiro atoms. The molecule has 0 radical (unpaired) electrons. The van der Waals surface area contributed by atoms with Gasteiger partial charge in [-0.2, -0.15) is 0 Å². The van der Waals surface area contributed by atoms with Gasteiger partial charge in [0.05, 0.1) is 0 Å². The minimum absolute atomic E-state index is 0.485. The largest absolute Gasteiger partial charge is 0.131 e. The summed E-state index contributed by atoms with van der Waals surface area (Å²) in [5, 5.41) is 0.485. The molecular formula is C22H47P. The minimum Gasteiger partial charge on any atom is -0.131 e. The fourth-order valence-corrected chi connectivity index (χ4v) is 5.15. The smallest absolute Gasteiger partial charge is 0.00939 e. The summed E-state index contributed by atoms with van der Waals surface area (Å²) < 4.78 is 0. The molecule has 0 fully saturated rings. The molecule has 1 heteroatoms. The Kier molecular flexibility index (Phi) is 13.9. The summed E-state index contributed by atoms with van der Waals surface area (Å²) in [6.07, 6.45) is 21.0. The Morgan fingerprint density at radius 2 is 0.739 bits per heavy atom. The van der Waals surface area contributed by atoms with Gasteiger partial charge in [-0.15, -0.1) is 9.24 Å². The molecule has 140 valence electrons. The first-order chi connectivity index (χ1) is 11.1. The predicted molar refractivity (Wildman–Crippen MR) is 112 cm³/mol. The zero-order valence-corrected chi connectivity index (χ0v) is 18.3. The van der Waals surface area contributed by atoms with Crippen molar-refractivity contribution in [1.29, 1.82) is 0 Å². The zero-order valence-electron chi connectivity index (χ0n) is 17.2. The van der Waals surface area contributed by atoms with E-state index in [4.69, 9.17) is 0 Å². The first-order valence-corrected chi connectivity index (χ1v) is 11.4. The van der Waals surface area contributed by atoms with E-state index in [-0.39, 0.29) is 0 Å². The van der Waals surface area contributed by atoms with Gasteiger partial charge < -0.3 is 0 Å². The Hall–Kier alpha value is 0.430. The quantitative estimate of drug-likeness (QED) is 0.246. The van der Waals surface area contributed by atoms with Crippen LogP contribution >= 0.6 is 9.24 Å². The van der Waals surface area contributed by atoms with E-state index >= 15 is 0 Å². The lowest BCUT2D eigenvalue weighted by Gasteiger charge is -2.51. The van der Waals surface area contributed by atoms with E-state index in [1.807, 2.05) is 0 Å². The summed E-state index contributed by atoms with van der Waals surface area (Å²) in [6.45, 7) is 11.8. The Labute approximate surface area is 151 Å². The monoisotopic (exact) mass is 342 g/mol. The highest BCUT2D eigenvalue weighted by atomic mass is 31.0. The van der Waals surface area contributed by atoms with Crippen molar-refractivity contribution in [1.82, 2.24) is 0 Å². The molecule has 0 aromatic carbocycles. The van der Waals surface area contributed by atoms with Crippen LogP contribution in [0, 0.1) is 5.41 Å². The van der Waals surface area contributed by atoms with Crippen molar-refractivity contribution in [3.05, 3.63) is 0 Å². The van der Waals surface area contributed by atoms with E-state index in [1.165, 1.54) is 96.3 Å². The van der Waals surface area contributed by atoms with Crippen molar-refractivity contribution in [3.63, 3.8) is 0 Å². The number of hydrogen-bond acceptors (Lipinski definition) is 0. The van der Waals surface area contributed by atoms with Gasteiger partial charge in [0.1, 0.15) is 0 Å². The van der Waals surface area contributed by atoms with Crippen LogP contribution in [0.1, 0.15) is 131 Å². The van der Waals surface area contributed by atoms with Crippen LogP contribution in [0.25, 0.3) is 0 Å². The van der Waals surface area contributed by atoms with E-state index in [9.17, 15) is 0 Å². The Balaban J connectivity index is 5.49. The standard InChI is InChI=1S/C22H47P/c1-6-11-16-21(17-12-7-2,18-13-8-3)22(23,19-14-9-4)20-15-10-5/h6-20,23H2,1-5H3. The molecule has 0 saturated carbocycles. The SMILES string of the molecule is CCCCC(P)(CCCC)C(CCCC)(CCCC)CCCC. The molecule has 0 nitrogen and oxygen atoms in total. The van der Waals surface area contributed by atoms with E-state index < -0.39 is 0 Å². The molecular weight excluding hydrogens is 295 g/mol. The highest BCUT2D eigenvalue weighted by Crippen LogP contribution is 2.55. The molecule has 0 aliphatic rings. The van der Waals surface area contributed by atoms with Gasteiger partial charge in [-0.05, 0) is 42.7 Å². The number of hydrogen-bond donors (Lipinski definition) is 0. The second kappa shape index (κ2) is 13.7. The van der Waals surface area contributed by atoms with Crippen LogP contribution in [0.15, 0.2) is 0 Å². The van der Waals surface area contributed by atoms with Crippen molar-refractivity contribution in [2.24, 2.45) is 5.41 Å². The van der Waals surface area contributed by atoms with Crippen LogP contribution in [0.4, 0.5) is 0 Å². The maximum Gasteiger partial charge on any atom is -0.00939 e. The van der Waals surface area contributed by atoms with Crippen molar-refractivity contribution in [2.75, 3.05) is 0 Å². The molecule has 0 aliphatic heterocycles. The lowest BCUT2D eigenvalue weighted by Crippen LogP contribution is -2.44. The lowest BCUT2D eigenvalue weighted by molar-refractivity contribution is 0.111. The average molecular weight is 343 g/mol. The highest BCUT2D eigenvalue weighted by molar-refractivity contribution is 7.19. The zero-order chi connectivity index (χ0) is 17.6. The third-order valence-electron chi connectivity index (χ3n) is 6.04. The maximum atomic E-state index is 3.45. The number of rotatable bonds is 16. The molecule has 0 N–H and O–H groups in total. The third kappa shape index (κ3) is 7.90. The molecule has 0 aromatic rings. The fourth-order valence-electron chi connectivity index (χ4n) is 4.31. The van der Waals surface area contributed by atoms with Crippen LogP contribution in [0.5, 0.6) is 0 Å². The minimum atomic E-state index is 0.485. The summed E-state index contributed by atoms with van der Waals surface area (Å²) in [5.74, 6) is 0. The molecule has 0 bridgehead atoms. The molecule has 0 aromatic heterocycles.